The lowest BCUT2D eigenvalue weighted by molar-refractivity contribution is -0.113. The van der Waals surface area contributed by atoms with Crippen molar-refractivity contribution >= 4 is 45.9 Å². The number of hydrogen-bond acceptors (Lipinski definition) is 4. The van der Waals surface area contributed by atoms with E-state index in [0.29, 0.717) is 10.7 Å². The summed E-state index contributed by atoms with van der Waals surface area (Å²) in [5.74, 6) is 0.947. The number of para-hydroxylation sites is 1. The maximum atomic E-state index is 12.2. The molecule has 0 atom stereocenters. The molecule has 1 amide bonds. The van der Waals surface area contributed by atoms with E-state index in [1.807, 2.05) is 37.3 Å². The van der Waals surface area contributed by atoms with Gasteiger partial charge in [-0.1, -0.05) is 35.5 Å². The second-order valence-corrected chi connectivity index (χ2v) is 6.86. The molecule has 0 bridgehead atoms. The van der Waals surface area contributed by atoms with Crippen LogP contribution < -0.4 is 10.1 Å². The Balaban J connectivity index is 1.71. The number of nitrogens with one attached hydrogen (secondary N) is 1. The molecule has 0 spiro atoms. The fraction of sp³-hybridized carbons (Fsp3) is 0.158. The molecule has 0 radical (unpaired) electrons. The van der Waals surface area contributed by atoms with Gasteiger partial charge < -0.3 is 10.1 Å². The number of halogens is 1. The number of aromatic nitrogens is 1. The summed E-state index contributed by atoms with van der Waals surface area (Å²) in [6, 6.07) is 15.0. The third-order valence-electron chi connectivity index (χ3n) is 3.65. The zero-order valence-corrected chi connectivity index (χ0v) is 15.4. The third kappa shape index (κ3) is 4.24. The second kappa shape index (κ2) is 7.76. The van der Waals surface area contributed by atoms with Crippen LogP contribution in [0.3, 0.4) is 0 Å². The monoisotopic (exact) mass is 372 g/mol. The van der Waals surface area contributed by atoms with Gasteiger partial charge in [0.05, 0.1) is 29.1 Å². The lowest BCUT2D eigenvalue weighted by atomic mass is 10.1. The highest BCUT2D eigenvalue weighted by Crippen LogP contribution is 2.27. The molecular weight excluding hydrogens is 356 g/mol. The fourth-order valence-electron chi connectivity index (χ4n) is 2.40. The van der Waals surface area contributed by atoms with E-state index in [1.54, 1.807) is 19.2 Å². The van der Waals surface area contributed by atoms with Crippen LogP contribution in [-0.4, -0.2) is 23.8 Å². The summed E-state index contributed by atoms with van der Waals surface area (Å²) in [4.78, 5) is 16.8. The molecule has 0 saturated carbocycles. The molecule has 1 N–H and O–H groups in total. The molecule has 0 unspecified atom stereocenters. The highest BCUT2D eigenvalue weighted by Gasteiger charge is 2.10. The Bertz CT molecular complexity index is 930. The smallest absolute Gasteiger partial charge is 0.234 e. The van der Waals surface area contributed by atoms with Crippen molar-refractivity contribution in [2.24, 2.45) is 0 Å². The lowest BCUT2D eigenvalue weighted by Gasteiger charge is -2.09. The molecular formula is C19H17ClN2O2S. The zero-order valence-electron chi connectivity index (χ0n) is 13.9. The summed E-state index contributed by atoms with van der Waals surface area (Å²) in [6.45, 7) is 1.99. The molecule has 3 aromatic rings. The van der Waals surface area contributed by atoms with Gasteiger partial charge in [0.25, 0.3) is 0 Å². The first-order valence-electron chi connectivity index (χ1n) is 7.69. The van der Waals surface area contributed by atoms with Crippen molar-refractivity contribution in [3.63, 3.8) is 0 Å². The SMILES string of the molecule is COc1ccc2nc(SCC(=O)Nc3ccccc3Cl)c(C)cc2c1. The second-order valence-electron chi connectivity index (χ2n) is 5.49. The quantitative estimate of drug-likeness (QED) is 0.645. The number of hydrogen-bond donors (Lipinski definition) is 1. The molecule has 0 aliphatic carbocycles. The minimum absolute atomic E-state index is 0.117. The van der Waals surface area contributed by atoms with Crippen LogP contribution in [0.1, 0.15) is 5.56 Å². The average molecular weight is 373 g/mol. The minimum Gasteiger partial charge on any atom is -0.497 e. The topological polar surface area (TPSA) is 51.2 Å². The number of fused-ring (bicyclic) bond motifs is 1. The Kier molecular flexibility index (Phi) is 5.46. The first-order chi connectivity index (χ1) is 12.1. The number of amides is 1. The largest absolute Gasteiger partial charge is 0.497 e. The molecule has 1 aromatic heterocycles. The Morgan fingerprint density at radius 2 is 2.04 bits per heavy atom. The van der Waals surface area contributed by atoms with Gasteiger partial charge in [0.1, 0.15) is 10.8 Å². The number of ether oxygens (including phenoxy) is 1. The number of methoxy groups -OCH3 is 1. The Morgan fingerprint density at radius 1 is 1.24 bits per heavy atom. The van der Waals surface area contributed by atoms with Crippen LogP contribution in [0.25, 0.3) is 10.9 Å². The van der Waals surface area contributed by atoms with Crippen molar-refractivity contribution in [2.75, 3.05) is 18.2 Å². The minimum atomic E-state index is -0.117. The van der Waals surface area contributed by atoms with E-state index in [4.69, 9.17) is 16.3 Å². The van der Waals surface area contributed by atoms with E-state index in [2.05, 4.69) is 16.4 Å². The molecule has 2 aromatic carbocycles. The van der Waals surface area contributed by atoms with Gasteiger partial charge in [-0.2, -0.15) is 0 Å². The van der Waals surface area contributed by atoms with Crippen LogP contribution in [0.2, 0.25) is 5.02 Å². The van der Waals surface area contributed by atoms with Crippen molar-refractivity contribution in [1.29, 1.82) is 0 Å². The number of anilines is 1. The average Bonchev–Trinajstić information content (AvgIpc) is 2.61. The Hall–Kier alpha value is -2.24. The van der Waals surface area contributed by atoms with E-state index in [0.717, 1.165) is 27.2 Å². The molecule has 1 heterocycles. The molecule has 0 aliphatic heterocycles. The lowest BCUT2D eigenvalue weighted by Crippen LogP contribution is -2.14. The summed E-state index contributed by atoms with van der Waals surface area (Å²) in [5.41, 5.74) is 2.52. The van der Waals surface area contributed by atoms with Gasteiger partial charge in [-0.25, -0.2) is 4.98 Å². The normalized spacial score (nSPS) is 10.7. The molecule has 3 rings (SSSR count). The first kappa shape index (κ1) is 17.6. The number of pyridine rings is 1. The van der Waals surface area contributed by atoms with E-state index in [-0.39, 0.29) is 11.7 Å². The molecule has 0 aliphatic rings. The summed E-state index contributed by atoms with van der Waals surface area (Å²) in [5, 5.41) is 5.19. The molecule has 128 valence electrons. The summed E-state index contributed by atoms with van der Waals surface area (Å²) >= 11 is 7.46. The van der Waals surface area contributed by atoms with Crippen LogP contribution in [0.5, 0.6) is 5.75 Å². The van der Waals surface area contributed by atoms with Crippen molar-refractivity contribution in [2.45, 2.75) is 11.9 Å². The maximum absolute atomic E-state index is 12.2. The van der Waals surface area contributed by atoms with Gasteiger partial charge in [-0.3, -0.25) is 4.79 Å². The molecule has 4 nitrogen and oxygen atoms in total. The van der Waals surface area contributed by atoms with Gasteiger partial charge in [0.2, 0.25) is 5.91 Å². The van der Waals surface area contributed by atoms with E-state index in [9.17, 15) is 4.79 Å². The van der Waals surface area contributed by atoms with Crippen LogP contribution >= 0.6 is 23.4 Å². The van der Waals surface area contributed by atoms with Crippen molar-refractivity contribution < 1.29 is 9.53 Å². The van der Waals surface area contributed by atoms with E-state index < -0.39 is 0 Å². The third-order valence-corrected chi connectivity index (χ3v) is 5.08. The number of rotatable bonds is 5. The zero-order chi connectivity index (χ0) is 17.8. The number of nitrogens with zero attached hydrogens (tertiary/aromatic N) is 1. The summed E-state index contributed by atoms with van der Waals surface area (Å²) in [6.07, 6.45) is 0. The molecule has 6 heteroatoms. The Labute approximate surface area is 155 Å². The predicted octanol–water partition coefficient (Wildman–Crippen LogP) is 4.94. The van der Waals surface area contributed by atoms with Crippen molar-refractivity contribution in [1.82, 2.24) is 4.98 Å². The van der Waals surface area contributed by atoms with Crippen molar-refractivity contribution in [3.05, 3.63) is 59.1 Å². The molecule has 25 heavy (non-hydrogen) atoms. The number of benzene rings is 2. The van der Waals surface area contributed by atoms with Gasteiger partial charge in [-0.05, 0) is 48.9 Å². The highest BCUT2D eigenvalue weighted by atomic mass is 35.5. The van der Waals surface area contributed by atoms with Gasteiger partial charge in [0, 0.05) is 5.39 Å². The number of aryl methyl sites for hydroxylation is 1. The number of carbonyl (C=O) groups is 1. The van der Waals surface area contributed by atoms with E-state index in [1.165, 1.54) is 11.8 Å². The van der Waals surface area contributed by atoms with Crippen molar-refractivity contribution in [3.8, 4) is 5.75 Å². The fourth-order valence-corrected chi connectivity index (χ4v) is 3.37. The van der Waals surface area contributed by atoms with Crippen LogP contribution in [0.15, 0.2) is 53.6 Å². The van der Waals surface area contributed by atoms with Crippen LogP contribution in [0.4, 0.5) is 5.69 Å². The summed E-state index contributed by atoms with van der Waals surface area (Å²) < 4.78 is 5.24. The van der Waals surface area contributed by atoms with Gasteiger partial charge in [0.15, 0.2) is 0 Å². The van der Waals surface area contributed by atoms with Crippen LogP contribution in [0, 0.1) is 6.92 Å². The predicted molar refractivity (Wildman–Crippen MR) is 104 cm³/mol. The van der Waals surface area contributed by atoms with E-state index >= 15 is 0 Å². The maximum Gasteiger partial charge on any atom is 0.234 e. The Morgan fingerprint density at radius 3 is 2.80 bits per heavy atom. The van der Waals surface area contributed by atoms with Gasteiger partial charge in [-0.15, -0.1) is 0 Å². The number of thioether (sulfide) groups is 1. The van der Waals surface area contributed by atoms with Crippen LogP contribution in [-0.2, 0) is 4.79 Å². The summed E-state index contributed by atoms with van der Waals surface area (Å²) in [7, 11) is 1.64. The first-order valence-corrected chi connectivity index (χ1v) is 9.06. The standard InChI is InChI=1S/C19H17ClN2O2S/c1-12-9-13-10-14(24-2)7-8-16(13)22-19(12)25-11-18(23)21-17-6-4-3-5-15(17)20/h3-10H,11H2,1-2H3,(H,21,23). The van der Waals surface area contributed by atoms with Gasteiger partial charge >= 0.3 is 0 Å². The molecule has 0 fully saturated rings. The highest BCUT2D eigenvalue weighted by molar-refractivity contribution is 8.00. The molecule has 0 saturated heterocycles. The number of carbonyl (C=O) groups excluding carboxylic acids is 1.